The summed E-state index contributed by atoms with van der Waals surface area (Å²) in [6, 6.07) is 6.64. The number of benzene rings is 1. The summed E-state index contributed by atoms with van der Waals surface area (Å²) in [7, 11) is 0. The number of aromatic carboxylic acids is 1. The smallest absolute Gasteiger partial charge is 0.341 e. The second-order valence-electron chi connectivity index (χ2n) is 4.25. The summed E-state index contributed by atoms with van der Waals surface area (Å²) >= 11 is 6.06. The Kier molecular flexibility index (Phi) is 3.44. The van der Waals surface area contributed by atoms with Crippen molar-refractivity contribution in [1.82, 2.24) is 4.57 Å². The fourth-order valence-electron chi connectivity index (χ4n) is 1.91. The van der Waals surface area contributed by atoms with Gasteiger partial charge in [-0.15, -0.1) is 0 Å². The summed E-state index contributed by atoms with van der Waals surface area (Å²) in [6.45, 7) is 3.48. The molecule has 0 saturated heterocycles. The van der Waals surface area contributed by atoms with Crippen LogP contribution in [0.1, 0.15) is 21.6 Å². The highest BCUT2D eigenvalue weighted by molar-refractivity contribution is 6.31. The Morgan fingerprint density at radius 2 is 1.95 bits per heavy atom. The predicted octanol–water partition coefficient (Wildman–Crippen LogP) is 2.81. The summed E-state index contributed by atoms with van der Waals surface area (Å²) in [5, 5.41) is 9.67. The van der Waals surface area contributed by atoms with Crippen LogP contribution in [0.25, 0.3) is 5.69 Å². The molecule has 1 aromatic heterocycles. The zero-order valence-electron chi connectivity index (χ0n) is 10.5. The quantitative estimate of drug-likeness (QED) is 0.918. The van der Waals surface area contributed by atoms with E-state index in [2.05, 4.69) is 0 Å². The van der Waals surface area contributed by atoms with E-state index in [0.717, 1.165) is 11.3 Å². The molecule has 19 heavy (non-hydrogen) atoms. The standard InChI is InChI=1S/C14H12ClNO3/c1-8-3-4-10(7-11(8)15)16-6-5-12(17)13(9(16)2)14(18)19/h3-7H,1-2H3,(H,18,19). The van der Waals surface area contributed by atoms with Crippen LogP contribution in [0.3, 0.4) is 0 Å². The number of carbonyl (C=O) groups is 1. The molecule has 0 fully saturated rings. The zero-order valence-corrected chi connectivity index (χ0v) is 11.2. The molecular formula is C14H12ClNO3. The van der Waals surface area contributed by atoms with Crippen LogP contribution in [0.2, 0.25) is 5.02 Å². The molecule has 1 aromatic carbocycles. The van der Waals surface area contributed by atoms with Gasteiger partial charge in [0.1, 0.15) is 5.56 Å². The van der Waals surface area contributed by atoms with Gasteiger partial charge in [-0.25, -0.2) is 4.79 Å². The minimum atomic E-state index is -1.23. The molecule has 1 heterocycles. The first-order chi connectivity index (χ1) is 8.91. The topological polar surface area (TPSA) is 59.3 Å². The number of hydrogen-bond acceptors (Lipinski definition) is 2. The van der Waals surface area contributed by atoms with Gasteiger partial charge in [0.25, 0.3) is 0 Å². The molecule has 0 radical (unpaired) electrons. The number of aromatic nitrogens is 1. The van der Waals surface area contributed by atoms with Crippen LogP contribution in [-0.2, 0) is 0 Å². The van der Waals surface area contributed by atoms with Crippen molar-refractivity contribution in [1.29, 1.82) is 0 Å². The van der Waals surface area contributed by atoms with Crippen LogP contribution in [0.4, 0.5) is 0 Å². The van der Waals surface area contributed by atoms with Crippen LogP contribution in [0.15, 0.2) is 35.3 Å². The number of carboxylic acid groups (broad SMARTS) is 1. The van der Waals surface area contributed by atoms with E-state index in [9.17, 15) is 9.59 Å². The van der Waals surface area contributed by atoms with E-state index in [1.807, 2.05) is 19.1 Å². The number of rotatable bonds is 2. The van der Waals surface area contributed by atoms with Crippen molar-refractivity contribution in [3.8, 4) is 5.69 Å². The zero-order chi connectivity index (χ0) is 14.2. The van der Waals surface area contributed by atoms with E-state index < -0.39 is 11.4 Å². The van der Waals surface area contributed by atoms with E-state index >= 15 is 0 Å². The Hall–Kier alpha value is -2.07. The van der Waals surface area contributed by atoms with Gasteiger partial charge < -0.3 is 9.67 Å². The van der Waals surface area contributed by atoms with Gasteiger partial charge in [0, 0.05) is 28.7 Å². The molecule has 0 unspecified atom stereocenters. The molecule has 0 atom stereocenters. The van der Waals surface area contributed by atoms with Gasteiger partial charge in [-0.1, -0.05) is 17.7 Å². The fourth-order valence-corrected chi connectivity index (χ4v) is 2.08. The van der Waals surface area contributed by atoms with Crippen molar-refractivity contribution in [3.63, 3.8) is 0 Å². The third-order valence-corrected chi connectivity index (χ3v) is 3.40. The molecule has 0 amide bonds. The summed E-state index contributed by atoms with van der Waals surface area (Å²) in [6.07, 6.45) is 1.55. The Balaban J connectivity index is 2.70. The van der Waals surface area contributed by atoms with Crippen molar-refractivity contribution in [2.75, 3.05) is 0 Å². The van der Waals surface area contributed by atoms with E-state index in [-0.39, 0.29) is 5.56 Å². The van der Waals surface area contributed by atoms with Crippen molar-refractivity contribution in [3.05, 3.63) is 62.5 Å². The molecule has 2 rings (SSSR count). The first-order valence-corrected chi connectivity index (χ1v) is 6.01. The maximum absolute atomic E-state index is 11.6. The maximum atomic E-state index is 11.6. The minimum Gasteiger partial charge on any atom is -0.477 e. The van der Waals surface area contributed by atoms with Gasteiger partial charge in [-0.2, -0.15) is 0 Å². The first-order valence-electron chi connectivity index (χ1n) is 5.64. The lowest BCUT2D eigenvalue weighted by Crippen LogP contribution is -2.19. The summed E-state index contributed by atoms with van der Waals surface area (Å²) in [4.78, 5) is 22.7. The molecule has 0 saturated carbocycles. The van der Waals surface area contributed by atoms with Crippen LogP contribution in [-0.4, -0.2) is 15.6 Å². The average Bonchev–Trinajstić information content (AvgIpc) is 2.33. The molecule has 98 valence electrons. The molecule has 0 aliphatic carbocycles. The largest absolute Gasteiger partial charge is 0.477 e. The Labute approximate surface area is 114 Å². The lowest BCUT2D eigenvalue weighted by Gasteiger charge is -2.13. The van der Waals surface area contributed by atoms with Crippen molar-refractivity contribution in [2.24, 2.45) is 0 Å². The Morgan fingerprint density at radius 1 is 1.26 bits per heavy atom. The second kappa shape index (κ2) is 4.90. The lowest BCUT2D eigenvalue weighted by atomic mass is 10.1. The fraction of sp³-hybridized carbons (Fsp3) is 0.143. The monoisotopic (exact) mass is 277 g/mol. The second-order valence-corrected chi connectivity index (χ2v) is 4.66. The molecule has 2 aromatic rings. The molecule has 0 aliphatic rings. The summed E-state index contributed by atoms with van der Waals surface area (Å²) in [5.41, 5.74) is 1.30. The van der Waals surface area contributed by atoms with E-state index in [0.29, 0.717) is 10.7 Å². The van der Waals surface area contributed by atoms with Crippen LogP contribution < -0.4 is 5.43 Å². The number of pyridine rings is 1. The number of nitrogens with zero attached hydrogens (tertiary/aromatic N) is 1. The van der Waals surface area contributed by atoms with Crippen molar-refractivity contribution >= 4 is 17.6 Å². The normalized spacial score (nSPS) is 10.5. The Bertz CT molecular complexity index is 719. The van der Waals surface area contributed by atoms with Gasteiger partial charge in [-0.05, 0) is 31.5 Å². The van der Waals surface area contributed by atoms with Crippen molar-refractivity contribution < 1.29 is 9.90 Å². The highest BCUT2D eigenvalue weighted by atomic mass is 35.5. The molecule has 0 bridgehead atoms. The van der Waals surface area contributed by atoms with E-state index in [4.69, 9.17) is 16.7 Å². The summed E-state index contributed by atoms with van der Waals surface area (Å²) in [5.74, 6) is -1.23. The van der Waals surface area contributed by atoms with Gasteiger partial charge in [0.2, 0.25) is 0 Å². The lowest BCUT2D eigenvalue weighted by molar-refractivity contribution is 0.0694. The number of halogens is 1. The summed E-state index contributed by atoms with van der Waals surface area (Å²) < 4.78 is 1.64. The molecule has 1 N–H and O–H groups in total. The highest BCUT2D eigenvalue weighted by Crippen LogP contribution is 2.20. The predicted molar refractivity (Wildman–Crippen MR) is 73.5 cm³/mol. The molecule has 0 spiro atoms. The van der Waals surface area contributed by atoms with Crippen LogP contribution in [0, 0.1) is 13.8 Å². The SMILES string of the molecule is Cc1ccc(-n2ccc(=O)c(C(=O)O)c2C)cc1Cl. The molecule has 4 nitrogen and oxygen atoms in total. The van der Waals surface area contributed by atoms with Crippen LogP contribution >= 0.6 is 11.6 Å². The van der Waals surface area contributed by atoms with E-state index in [1.165, 1.54) is 6.07 Å². The highest BCUT2D eigenvalue weighted by Gasteiger charge is 2.15. The van der Waals surface area contributed by atoms with Gasteiger partial charge in [-0.3, -0.25) is 4.79 Å². The van der Waals surface area contributed by atoms with Crippen molar-refractivity contribution in [2.45, 2.75) is 13.8 Å². The number of carboxylic acids is 1. The minimum absolute atomic E-state index is 0.223. The average molecular weight is 278 g/mol. The Morgan fingerprint density at radius 3 is 2.53 bits per heavy atom. The van der Waals surface area contributed by atoms with Gasteiger partial charge in [0.05, 0.1) is 0 Å². The van der Waals surface area contributed by atoms with Crippen LogP contribution in [0.5, 0.6) is 0 Å². The molecular weight excluding hydrogens is 266 g/mol. The van der Waals surface area contributed by atoms with Gasteiger partial charge >= 0.3 is 5.97 Å². The third kappa shape index (κ3) is 2.39. The molecule has 5 heteroatoms. The molecule has 0 aliphatic heterocycles. The van der Waals surface area contributed by atoms with E-state index in [1.54, 1.807) is 23.8 Å². The third-order valence-electron chi connectivity index (χ3n) is 2.99. The number of aryl methyl sites for hydroxylation is 1. The van der Waals surface area contributed by atoms with Gasteiger partial charge in [0.15, 0.2) is 5.43 Å². The maximum Gasteiger partial charge on any atom is 0.341 e. The first kappa shape index (κ1) is 13.4. The number of hydrogen-bond donors (Lipinski definition) is 1.